The van der Waals surface area contributed by atoms with Gasteiger partial charge in [0.1, 0.15) is 0 Å². The van der Waals surface area contributed by atoms with Crippen LogP contribution in [0.15, 0.2) is 0 Å². The summed E-state index contributed by atoms with van der Waals surface area (Å²) in [5.41, 5.74) is 4.68. The van der Waals surface area contributed by atoms with E-state index in [1.807, 2.05) is 0 Å². The summed E-state index contributed by atoms with van der Waals surface area (Å²) < 4.78 is 0. The first-order valence-corrected chi connectivity index (χ1v) is 5.51. The smallest absolute Gasteiger partial charge is 0.311 e. The third-order valence-electron chi connectivity index (χ3n) is 3.15. The molecular weight excluding hydrogens is 208 g/mol. The summed E-state index contributed by atoms with van der Waals surface area (Å²) in [6.07, 6.45) is 0.467. The van der Waals surface area contributed by atoms with Crippen molar-refractivity contribution in [1.29, 1.82) is 0 Å². The van der Waals surface area contributed by atoms with Crippen LogP contribution in [0, 0.1) is 11.3 Å². The minimum Gasteiger partial charge on any atom is -0.481 e. The van der Waals surface area contributed by atoms with Gasteiger partial charge >= 0.3 is 5.97 Å². The van der Waals surface area contributed by atoms with Crippen molar-refractivity contribution in [3.05, 3.63) is 0 Å². The third kappa shape index (κ3) is 3.81. The van der Waals surface area contributed by atoms with Crippen molar-refractivity contribution in [3.63, 3.8) is 0 Å². The molecule has 0 radical (unpaired) electrons. The molecule has 3 atom stereocenters. The van der Waals surface area contributed by atoms with Crippen LogP contribution in [0.25, 0.3) is 0 Å². The summed E-state index contributed by atoms with van der Waals surface area (Å²) in [6.45, 7) is 7.01. The van der Waals surface area contributed by atoms with E-state index in [2.05, 4.69) is 5.32 Å². The highest BCUT2D eigenvalue weighted by Crippen LogP contribution is 2.20. The summed E-state index contributed by atoms with van der Waals surface area (Å²) in [4.78, 5) is 22.6. The van der Waals surface area contributed by atoms with Crippen LogP contribution in [0.3, 0.4) is 0 Å². The molecule has 0 fully saturated rings. The largest absolute Gasteiger partial charge is 0.481 e. The number of nitrogens with two attached hydrogens (primary N) is 1. The van der Waals surface area contributed by atoms with Gasteiger partial charge in [0.15, 0.2) is 0 Å². The van der Waals surface area contributed by atoms with E-state index in [-0.39, 0.29) is 24.4 Å². The van der Waals surface area contributed by atoms with Gasteiger partial charge in [0, 0.05) is 18.5 Å². The van der Waals surface area contributed by atoms with Crippen LogP contribution in [0.5, 0.6) is 0 Å². The molecule has 0 aromatic heterocycles. The van der Waals surface area contributed by atoms with Gasteiger partial charge in [-0.05, 0) is 20.3 Å². The number of rotatable bonds is 6. The van der Waals surface area contributed by atoms with Gasteiger partial charge in [-0.3, -0.25) is 9.59 Å². The molecule has 16 heavy (non-hydrogen) atoms. The van der Waals surface area contributed by atoms with Crippen LogP contribution in [-0.4, -0.2) is 29.6 Å². The molecule has 5 heteroatoms. The SMILES string of the molecule is CCC(C)(CNC(=O)C(C)C(C)N)C(=O)O. The van der Waals surface area contributed by atoms with Crippen molar-refractivity contribution in [2.45, 2.75) is 40.2 Å². The topological polar surface area (TPSA) is 92.4 Å². The molecule has 0 spiro atoms. The summed E-state index contributed by atoms with van der Waals surface area (Å²) in [5, 5.41) is 11.7. The molecule has 0 aromatic carbocycles. The van der Waals surface area contributed by atoms with E-state index in [9.17, 15) is 9.59 Å². The zero-order chi connectivity index (χ0) is 12.9. The number of carbonyl (C=O) groups excluding carboxylic acids is 1. The Labute approximate surface area is 96.4 Å². The number of amides is 1. The molecule has 5 nitrogen and oxygen atoms in total. The Hall–Kier alpha value is -1.10. The number of nitrogens with one attached hydrogen (secondary N) is 1. The quantitative estimate of drug-likeness (QED) is 0.622. The van der Waals surface area contributed by atoms with Gasteiger partial charge in [-0.1, -0.05) is 13.8 Å². The predicted octanol–water partition coefficient (Wildman–Crippen LogP) is 0.587. The first-order chi connectivity index (χ1) is 7.24. The Balaban J connectivity index is 4.34. The average molecular weight is 230 g/mol. The number of hydrogen-bond donors (Lipinski definition) is 3. The molecule has 0 aliphatic carbocycles. The molecule has 94 valence electrons. The monoisotopic (exact) mass is 230 g/mol. The summed E-state index contributed by atoms with van der Waals surface area (Å²) in [6, 6.07) is -0.238. The maximum absolute atomic E-state index is 11.6. The standard InChI is InChI=1S/C11H22N2O3/c1-5-11(4,10(15)16)6-13-9(14)7(2)8(3)12/h7-8H,5-6,12H2,1-4H3,(H,13,14)(H,15,16). The van der Waals surface area contributed by atoms with Crippen LogP contribution in [0.1, 0.15) is 34.1 Å². The van der Waals surface area contributed by atoms with Crippen molar-refractivity contribution < 1.29 is 14.7 Å². The van der Waals surface area contributed by atoms with Gasteiger partial charge < -0.3 is 16.2 Å². The molecule has 3 unspecified atom stereocenters. The van der Waals surface area contributed by atoms with E-state index >= 15 is 0 Å². The number of carboxylic acid groups (broad SMARTS) is 1. The Kier molecular flexibility index (Phi) is 5.44. The fourth-order valence-electron chi connectivity index (χ4n) is 1.03. The predicted molar refractivity (Wildman–Crippen MR) is 61.9 cm³/mol. The van der Waals surface area contributed by atoms with E-state index in [1.54, 1.807) is 27.7 Å². The van der Waals surface area contributed by atoms with E-state index in [1.165, 1.54) is 0 Å². The zero-order valence-corrected chi connectivity index (χ0v) is 10.4. The molecule has 1 amide bonds. The van der Waals surface area contributed by atoms with E-state index in [0.29, 0.717) is 6.42 Å². The van der Waals surface area contributed by atoms with Crippen LogP contribution in [0.2, 0.25) is 0 Å². The molecule has 0 saturated heterocycles. The molecule has 0 rings (SSSR count). The molecular formula is C11H22N2O3. The van der Waals surface area contributed by atoms with Gasteiger partial charge in [0.05, 0.1) is 5.41 Å². The average Bonchev–Trinajstić information content (AvgIpc) is 2.23. The summed E-state index contributed by atoms with van der Waals surface area (Å²) in [5.74, 6) is -1.41. The molecule has 0 heterocycles. The third-order valence-corrected chi connectivity index (χ3v) is 3.15. The number of carbonyl (C=O) groups is 2. The van der Waals surface area contributed by atoms with Crippen molar-refractivity contribution in [1.82, 2.24) is 5.32 Å². The van der Waals surface area contributed by atoms with Gasteiger partial charge in [-0.2, -0.15) is 0 Å². The lowest BCUT2D eigenvalue weighted by Gasteiger charge is -2.24. The maximum atomic E-state index is 11.6. The molecule has 0 saturated carbocycles. The van der Waals surface area contributed by atoms with E-state index in [4.69, 9.17) is 10.8 Å². The highest BCUT2D eigenvalue weighted by molar-refractivity contribution is 5.80. The van der Waals surface area contributed by atoms with Crippen molar-refractivity contribution >= 4 is 11.9 Å². The lowest BCUT2D eigenvalue weighted by molar-refractivity contribution is -0.148. The van der Waals surface area contributed by atoms with E-state index in [0.717, 1.165) is 0 Å². The first kappa shape index (κ1) is 14.9. The first-order valence-electron chi connectivity index (χ1n) is 5.51. The normalized spacial score (nSPS) is 18.3. The second-order valence-electron chi connectivity index (χ2n) is 4.58. The number of carboxylic acids is 1. The fourth-order valence-corrected chi connectivity index (χ4v) is 1.03. The van der Waals surface area contributed by atoms with Gasteiger partial charge in [0.2, 0.25) is 5.91 Å². The van der Waals surface area contributed by atoms with Crippen LogP contribution in [0.4, 0.5) is 0 Å². The Morgan fingerprint density at radius 1 is 1.44 bits per heavy atom. The molecule has 0 aliphatic heterocycles. The highest BCUT2D eigenvalue weighted by atomic mass is 16.4. The zero-order valence-electron chi connectivity index (χ0n) is 10.4. The second-order valence-corrected chi connectivity index (χ2v) is 4.58. The van der Waals surface area contributed by atoms with Crippen LogP contribution < -0.4 is 11.1 Å². The molecule has 4 N–H and O–H groups in total. The van der Waals surface area contributed by atoms with Gasteiger partial charge in [-0.25, -0.2) is 0 Å². The Morgan fingerprint density at radius 2 is 1.94 bits per heavy atom. The van der Waals surface area contributed by atoms with Gasteiger partial charge in [0.25, 0.3) is 0 Å². The fraction of sp³-hybridized carbons (Fsp3) is 0.818. The summed E-state index contributed by atoms with van der Waals surface area (Å²) in [7, 11) is 0. The Bertz CT molecular complexity index is 266. The minimum absolute atomic E-state index is 0.134. The minimum atomic E-state index is -0.910. The van der Waals surface area contributed by atoms with Crippen molar-refractivity contribution in [2.75, 3.05) is 6.54 Å². The lowest BCUT2D eigenvalue weighted by atomic mass is 9.87. The Morgan fingerprint density at radius 3 is 2.25 bits per heavy atom. The highest BCUT2D eigenvalue weighted by Gasteiger charge is 2.32. The lowest BCUT2D eigenvalue weighted by Crippen LogP contribution is -2.45. The van der Waals surface area contributed by atoms with Crippen molar-refractivity contribution in [2.24, 2.45) is 17.1 Å². The molecule has 0 aromatic rings. The molecule has 0 bridgehead atoms. The maximum Gasteiger partial charge on any atom is 0.311 e. The van der Waals surface area contributed by atoms with E-state index < -0.39 is 11.4 Å². The van der Waals surface area contributed by atoms with Gasteiger partial charge in [-0.15, -0.1) is 0 Å². The number of aliphatic carboxylic acids is 1. The van der Waals surface area contributed by atoms with Crippen LogP contribution in [-0.2, 0) is 9.59 Å². The molecule has 0 aliphatic rings. The van der Waals surface area contributed by atoms with Crippen molar-refractivity contribution in [3.8, 4) is 0 Å². The summed E-state index contributed by atoms with van der Waals surface area (Å²) >= 11 is 0. The number of hydrogen-bond acceptors (Lipinski definition) is 3. The second kappa shape index (κ2) is 5.84. The van der Waals surface area contributed by atoms with Crippen LogP contribution >= 0.6 is 0 Å².